The zero-order chi connectivity index (χ0) is 37.0. The van der Waals surface area contributed by atoms with E-state index in [2.05, 4.69) is 65.4 Å². The van der Waals surface area contributed by atoms with Crippen LogP contribution in [0.1, 0.15) is 16.7 Å². The Morgan fingerprint density at radius 3 is 1.20 bits per heavy atom. The van der Waals surface area contributed by atoms with Crippen LogP contribution in [-0.2, 0) is 6.61 Å². The predicted molar refractivity (Wildman–Crippen MR) is 215 cm³/mol. The Bertz CT molecular complexity index is 2940. The minimum atomic E-state index is -0.145. The van der Waals surface area contributed by atoms with Crippen LogP contribution in [0.25, 0.3) is 84.7 Å². The molecular formula is C45H33N9O. The minimum Gasteiger partial charge on any atom is -0.392 e. The summed E-state index contributed by atoms with van der Waals surface area (Å²) in [6, 6.07) is 42.4. The maximum absolute atomic E-state index is 10.5. The molecule has 0 aliphatic carbocycles. The molecule has 0 amide bonds. The molecule has 0 unspecified atom stereocenters. The SMILES string of the molecule is Cc1ccccc1-n1c(-c2cc(-c3nc4cccnc4n3-c3ccccc3C)cc(-c3nc4cccnc4n3-c3ccccc3CO)c2)nc2cccnc21. The van der Waals surface area contributed by atoms with Gasteiger partial charge in [-0.1, -0.05) is 54.6 Å². The van der Waals surface area contributed by atoms with Gasteiger partial charge >= 0.3 is 0 Å². The predicted octanol–water partition coefficient (Wildman–Crippen LogP) is 9.00. The van der Waals surface area contributed by atoms with Crippen LogP contribution in [0.15, 0.2) is 146 Å². The molecule has 264 valence electrons. The highest BCUT2D eigenvalue weighted by molar-refractivity contribution is 5.88. The number of hydrogen-bond donors (Lipinski definition) is 1. The first-order valence-corrected chi connectivity index (χ1v) is 18.0. The van der Waals surface area contributed by atoms with Crippen molar-refractivity contribution >= 4 is 33.5 Å². The molecule has 0 atom stereocenters. The number of fused-ring (bicyclic) bond motifs is 3. The van der Waals surface area contributed by atoms with Gasteiger partial charge in [0.2, 0.25) is 0 Å². The summed E-state index contributed by atoms with van der Waals surface area (Å²) in [6.07, 6.45) is 5.37. The lowest BCUT2D eigenvalue weighted by Gasteiger charge is -2.17. The first-order chi connectivity index (χ1) is 27.1. The van der Waals surface area contributed by atoms with E-state index in [1.54, 1.807) is 18.6 Å². The largest absolute Gasteiger partial charge is 0.392 e. The highest BCUT2D eigenvalue weighted by atomic mass is 16.3. The standard InChI is InChI=1S/C45H33N9O/c1-28-12-3-6-18-37(28)52-40(49-34-15-9-21-46-43(34)52)31-24-32(41-50-35-16-10-22-47-44(35)53(41)38-19-7-4-13-29(38)2)26-33(25-31)42-51-36-17-11-23-48-45(36)54(42)39-20-8-5-14-30(39)27-55/h3-26,55H,27H2,1-2H3. The van der Waals surface area contributed by atoms with Gasteiger partial charge in [-0.25, -0.2) is 29.9 Å². The summed E-state index contributed by atoms with van der Waals surface area (Å²) < 4.78 is 6.29. The molecule has 4 aromatic carbocycles. The number of imidazole rings is 3. The molecule has 0 saturated carbocycles. The lowest BCUT2D eigenvalue weighted by atomic mass is 10.0. The van der Waals surface area contributed by atoms with E-state index in [1.807, 2.05) is 89.5 Å². The summed E-state index contributed by atoms with van der Waals surface area (Å²) in [5, 5.41) is 10.5. The molecule has 0 aliphatic heterocycles. The molecule has 1 N–H and O–H groups in total. The van der Waals surface area contributed by atoms with Crippen molar-refractivity contribution < 1.29 is 5.11 Å². The molecule has 10 nitrogen and oxygen atoms in total. The molecule has 6 aromatic heterocycles. The van der Waals surface area contributed by atoms with E-state index in [4.69, 9.17) is 29.9 Å². The van der Waals surface area contributed by atoms with E-state index in [0.29, 0.717) is 11.5 Å². The zero-order valence-electron chi connectivity index (χ0n) is 30.0. The fourth-order valence-electron chi connectivity index (χ4n) is 7.51. The summed E-state index contributed by atoms with van der Waals surface area (Å²) in [5.41, 5.74) is 12.6. The first-order valence-electron chi connectivity index (χ1n) is 18.0. The average molecular weight is 716 g/mol. The number of rotatable bonds is 7. The van der Waals surface area contributed by atoms with Gasteiger partial charge in [0.1, 0.15) is 34.0 Å². The molecule has 0 spiro atoms. The number of aromatic nitrogens is 9. The topological polar surface area (TPSA) is 112 Å². The molecule has 10 heteroatoms. The van der Waals surface area contributed by atoms with Gasteiger partial charge in [0.25, 0.3) is 0 Å². The minimum absolute atomic E-state index is 0.145. The molecule has 10 aromatic rings. The molecule has 0 bridgehead atoms. The zero-order valence-corrected chi connectivity index (χ0v) is 30.0. The quantitative estimate of drug-likeness (QED) is 0.175. The molecule has 55 heavy (non-hydrogen) atoms. The van der Waals surface area contributed by atoms with Crippen molar-refractivity contribution in [1.82, 2.24) is 43.6 Å². The van der Waals surface area contributed by atoms with Crippen molar-refractivity contribution in [2.75, 3.05) is 0 Å². The van der Waals surface area contributed by atoms with Crippen LogP contribution in [-0.4, -0.2) is 48.7 Å². The number of hydrogen-bond acceptors (Lipinski definition) is 7. The Kier molecular flexibility index (Phi) is 7.63. The maximum Gasteiger partial charge on any atom is 0.164 e. The van der Waals surface area contributed by atoms with E-state index < -0.39 is 0 Å². The van der Waals surface area contributed by atoms with Crippen molar-refractivity contribution in [1.29, 1.82) is 0 Å². The van der Waals surface area contributed by atoms with Crippen LogP contribution >= 0.6 is 0 Å². The van der Waals surface area contributed by atoms with Gasteiger partial charge in [-0.2, -0.15) is 0 Å². The third kappa shape index (κ3) is 5.30. The van der Waals surface area contributed by atoms with E-state index in [-0.39, 0.29) is 6.61 Å². The lowest BCUT2D eigenvalue weighted by molar-refractivity contribution is 0.281. The van der Waals surface area contributed by atoms with Crippen LogP contribution in [0, 0.1) is 13.8 Å². The third-order valence-electron chi connectivity index (χ3n) is 10.1. The maximum atomic E-state index is 10.5. The summed E-state index contributed by atoms with van der Waals surface area (Å²) in [4.78, 5) is 30.2. The van der Waals surface area contributed by atoms with Gasteiger partial charge in [0.15, 0.2) is 16.9 Å². The number of aliphatic hydroxyl groups is 1. The fourth-order valence-corrected chi connectivity index (χ4v) is 7.51. The Morgan fingerprint density at radius 2 is 0.800 bits per heavy atom. The van der Waals surface area contributed by atoms with Gasteiger partial charge in [0, 0.05) is 40.8 Å². The summed E-state index contributed by atoms with van der Waals surface area (Å²) in [7, 11) is 0. The number of pyridine rings is 3. The van der Waals surface area contributed by atoms with Crippen LogP contribution in [0.3, 0.4) is 0 Å². The van der Waals surface area contributed by atoms with Gasteiger partial charge in [-0.15, -0.1) is 0 Å². The van der Waals surface area contributed by atoms with E-state index in [1.165, 1.54) is 0 Å². The summed E-state index contributed by atoms with van der Waals surface area (Å²) in [5.74, 6) is 2.10. The second kappa shape index (κ2) is 13.0. The van der Waals surface area contributed by atoms with Gasteiger partial charge in [-0.3, -0.25) is 13.7 Å². The van der Waals surface area contributed by atoms with Gasteiger partial charge in [-0.05, 0) is 97.8 Å². The molecule has 0 aliphatic rings. The van der Waals surface area contributed by atoms with Gasteiger partial charge < -0.3 is 5.11 Å². The number of aliphatic hydroxyl groups excluding tert-OH is 1. The van der Waals surface area contributed by atoms with E-state index in [0.717, 1.165) is 89.9 Å². The smallest absolute Gasteiger partial charge is 0.164 e. The summed E-state index contributed by atoms with van der Waals surface area (Å²) in [6.45, 7) is 4.05. The Labute approximate surface area is 315 Å². The van der Waals surface area contributed by atoms with Crippen molar-refractivity contribution in [3.8, 4) is 51.2 Å². The number of para-hydroxylation sites is 3. The highest BCUT2D eigenvalue weighted by Crippen LogP contribution is 2.39. The van der Waals surface area contributed by atoms with Crippen molar-refractivity contribution in [2.45, 2.75) is 20.5 Å². The molecular weight excluding hydrogens is 683 g/mol. The Morgan fingerprint density at radius 1 is 0.436 bits per heavy atom. The van der Waals surface area contributed by atoms with E-state index >= 15 is 0 Å². The fraction of sp³-hybridized carbons (Fsp3) is 0.0667. The summed E-state index contributed by atoms with van der Waals surface area (Å²) >= 11 is 0. The van der Waals surface area contributed by atoms with Crippen molar-refractivity contribution in [3.63, 3.8) is 0 Å². The second-order valence-electron chi connectivity index (χ2n) is 13.5. The van der Waals surface area contributed by atoms with Crippen LogP contribution in [0.2, 0.25) is 0 Å². The highest BCUT2D eigenvalue weighted by Gasteiger charge is 2.24. The normalized spacial score (nSPS) is 11.6. The van der Waals surface area contributed by atoms with Gasteiger partial charge in [0.05, 0.1) is 23.7 Å². The molecule has 0 fully saturated rings. The Hall–Kier alpha value is -7.30. The van der Waals surface area contributed by atoms with Crippen molar-refractivity contribution in [2.24, 2.45) is 0 Å². The monoisotopic (exact) mass is 715 g/mol. The van der Waals surface area contributed by atoms with E-state index in [9.17, 15) is 5.11 Å². The number of nitrogens with zero attached hydrogens (tertiary/aromatic N) is 9. The van der Waals surface area contributed by atoms with Crippen LogP contribution in [0.5, 0.6) is 0 Å². The average Bonchev–Trinajstić information content (AvgIpc) is 3.93. The lowest BCUT2D eigenvalue weighted by Crippen LogP contribution is -2.05. The number of benzene rings is 4. The molecule has 10 rings (SSSR count). The van der Waals surface area contributed by atoms with Crippen LogP contribution in [0.4, 0.5) is 0 Å². The molecule has 0 saturated heterocycles. The molecule has 0 radical (unpaired) electrons. The Balaban J connectivity index is 1.33. The third-order valence-corrected chi connectivity index (χ3v) is 10.1. The van der Waals surface area contributed by atoms with Crippen molar-refractivity contribution in [3.05, 3.63) is 163 Å². The molecule has 6 heterocycles. The second-order valence-corrected chi connectivity index (χ2v) is 13.5. The van der Waals surface area contributed by atoms with Crippen LogP contribution < -0.4 is 0 Å². The first kappa shape index (κ1) is 32.4. The number of aryl methyl sites for hydroxylation is 2.